The minimum atomic E-state index is -0.588. The average Bonchev–Trinajstić information content (AvgIpc) is 2.74. The summed E-state index contributed by atoms with van der Waals surface area (Å²) in [5, 5.41) is 2.71. The highest BCUT2D eigenvalue weighted by molar-refractivity contribution is 6.34. The molecule has 2 aromatic carbocycles. The molecular weight excluding hydrogens is 424 g/mol. The third-order valence-corrected chi connectivity index (χ3v) is 4.83. The summed E-state index contributed by atoms with van der Waals surface area (Å²) < 4.78 is 25.4. The number of nitrogens with one attached hydrogen (secondary N) is 1. The zero-order valence-corrected chi connectivity index (χ0v) is 20.1. The van der Waals surface area contributed by atoms with Gasteiger partial charge in [0, 0.05) is 44.0 Å². The summed E-state index contributed by atoms with van der Waals surface area (Å²) in [6.45, 7) is 8.57. The van der Waals surface area contributed by atoms with Crippen LogP contribution in [-0.2, 0) is 4.74 Å². The molecule has 0 heterocycles. The van der Waals surface area contributed by atoms with Crippen molar-refractivity contribution < 1.29 is 23.5 Å². The van der Waals surface area contributed by atoms with Crippen molar-refractivity contribution in [1.82, 2.24) is 4.90 Å². The predicted octanol–water partition coefficient (Wildman–Crippen LogP) is 3.57. The van der Waals surface area contributed by atoms with Crippen LogP contribution in [0.4, 0.5) is 20.6 Å². The molecule has 7 nitrogen and oxygen atoms in total. The highest BCUT2D eigenvalue weighted by atomic mass is 19.1. The van der Waals surface area contributed by atoms with Crippen molar-refractivity contribution in [3.05, 3.63) is 47.8 Å². The zero-order valence-electron chi connectivity index (χ0n) is 20.1. The lowest BCUT2D eigenvalue weighted by atomic mass is 9.95. The number of amides is 2. The van der Waals surface area contributed by atoms with Gasteiger partial charge in [-0.3, -0.25) is 4.79 Å². The van der Waals surface area contributed by atoms with Crippen LogP contribution in [0.15, 0.2) is 36.4 Å². The van der Waals surface area contributed by atoms with Gasteiger partial charge in [-0.15, -0.1) is 0 Å². The monoisotopic (exact) mass is 455 g/mol. The van der Waals surface area contributed by atoms with Crippen molar-refractivity contribution in [2.75, 3.05) is 44.0 Å². The van der Waals surface area contributed by atoms with E-state index in [-0.39, 0.29) is 5.56 Å². The molecule has 2 rings (SSSR count). The van der Waals surface area contributed by atoms with Gasteiger partial charge in [0.05, 0.1) is 12.8 Å². The number of carbonyl (C=O) groups excluding carboxylic acids is 2. The summed E-state index contributed by atoms with van der Waals surface area (Å²) in [5.41, 5.74) is 0.865. The van der Waals surface area contributed by atoms with Crippen LogP contribution in [0.3, 0.4) is 0 Å². The summed E-state index contributed by atoms with van der Waals surface area (Å²) >= 11 is 0. The van der Waals surface area contributed by atoms with Gasteiger partial charge in [-0.05, 0) is 52.0 Å². The molecule has 0 atom stereocenters. The van der Waals surface area contributed by atoms with Crippen LogP contribution in [0.5, 0.6) is 5.75 Å². The van der Waals surface area contributed by atoms with Crippen molar-refractivity contribution >= 4 is 36.7 Å². The van der Waals surface area contributed by atoms with E-state index in [9.17, 15) is 14.0 Å². The molecular formula is C24H31BFN3O4. The first-order valence-electron chi connectivity index (χ1n) is 10.7. The second kappa shape index (κ2) is 11.1. The second-order valence-electron chi connectivity index (χ2n) is 8.56. The molecule has 2 aromatic rings. The Labute approximate surface area is 196 Å². The molecule has 0 saturated carbocycles. The molecule has 0 spiro atoms. The van der Waals surface area contributed by atoms with Crippen LogP contribution in [0, 0.1) is 5.82 Å². The summed E-state index contributed by atoms with van der Waals surface area (Å²) in [5.74, 6) is -0.552. The first kappa shape index (κ1) is 26.0. The third-order valence-electron chi connectivity index (χ3n) is 4.83. The lowest BCUT2D eigenvalue weighted by molar-refractivity contribution is 0.0303. The van der Waals surface area contributed by atoms with Gasteiger partial charge in [-0.25, -0.2) is 9.18 Å². The number of likely N-dealkylation sites (N-methyl/N-ethyl adjacent to an activating group) is 2. The van der Waals surface area contributed by atoms with E-state index in [0.29, 0.717) is 42.2 Å². The van der Waals surface area contributed by atoms with E-state index in [1.54, 1.807) is 63.1 Å². The molecule has 176 valence electrons. The van der Waals surface area contributed by atoms with E-state index in [1.165, 1.54) is 18.1 Å². The molecule has 0 bridgehead atoms. The van der Waals surface area contributed by atoms with Gasteiger partial charge in [0.15, 0.2) is 0 Å². The molecule has 2 radical (unpaired) electrons. The Balaban J connectivity index is 2.06. The zero-order chi connectivity index (χ0) is 24.8. The van der Waals surface area contributed by atoms with Crippen LogP contribution < -0.4 is 20.4 Å². The molecule has 0 aliphatic heterocycles. The molecule has 0 unspecified atom stereocenters. The van der Waals surface area contributed by atoms with E-state index in [2.05, 4.69) is 5.32 Å². The van der Waals surface area contributed by atoms with Crippen LogP contribution >= 0.6 is 0 Å². The summed E-state index contributed by atoms with van der Waals surface area (Å²) in [7, 11) is 8.91. The van der Waals surface area contributed by atoms with Gasteiger partial charge in [0.1, 0.15) is 25.0 Å². The van der Waals surface area contributed by atoms with Gasteiger partial charge in [-0.2, -0.15) is 0 Å². The van der Waals surface area contributed by atoms with Crippen molar-refractivity contribution in [1.29, 1.82) is 0 Å². The van der Waals surface area contributed by atoms with Crippen molar-refractivity contribution in [3.8, 4) is 5.75 Å². The third kappa shape index (κ3) is 7.41. The molecule has 33 heavy (non-hydrogen) atoms. The van der Waals surface area contributed by atoms with Gasteiger partial charge in [0.25, 0.3) is 5.91 Å². The number of carbonyl (C=O) groups is 2. The molecule has 0 fully saturated rings. The first-order chi connectivity index (χ1) is 15.4. The number of methoxy groups -OCH3 is 1. The molecule has 1 N–H and O–H groups in total. The fraction of sp³-hybridized carbons (Fsp3) is 0.417. The highest BCUT2D eigenvalue weighted by Gasteiger charge is 2.21. The standard InChI is InChI=1S/C24H31BFN3O4/c1-7-29(13-12-28(5)23(31)33-24(2,3)4)20-11-8-16(14-19(20)26)22(30)27-17-9-10-18(25)21(15-17)32-6/h8-11,14-15H,7,12-13H2,1-6H3,(H,27,30). The Morgan fingerprint density at radius 2 is 1.82 bits per heavy atom. The molecule has 0 aliphatic carbocycles. The number of nitrogens with zero attached hydrogens (tertiary/aromatic N) is 2. The van der Waals surface area contributed by atoms with Crippen molar-refractivity contribution in [3.63, 3.8) is 0 Å². The van der Waals surface area contributed by atoms with Gasteiger partial charge < -0.3 is 24.6 Å². The van der Waals surface area contributed by atoms with Crippen molar-refractivity contribution in [2.24, 2.45) is 0 Å². The lowest BCUT2D eigenvalue weighted by Crippen LogP contribution is -2.39. The maximum atomic E-state index is 14.9. The fourth-order valence-corrected chi connectivity index (χ4v) is 3.05. The Bertz CT molecular complexity index is 994. The van der Waals surface area contributed by atoms with Crippen LogP contribution in [-0.4, -0.2) is 64.1 Å². The average molecular weight is 455 g/mol. The first-order valence-corrected chi connectivity index (χ1v) is 10.7. The number of hydrogen-bond donors (Lipinski definition) is 1. The molecule has 0 aliphatic rings. The second-order valence-corrected chi connectivity index (χ2v) is 8.56. The SMILES string of the molecule is [B]c1ccc(NC(=O)c2ccc(N(CC)CCN(C)C(=O)OC(C)(C)C)c(F)c2)cc1OC. The van der Waals surface area contributed by atoms with E-state index in [1.807, 2.05) is 6.92 Å². The number of anilines is 2. The van der Waals surface area contributed by atoms with Gasteiger partial charge in [-0.1, -0.05) is 11.5 Å². The number of hydrogen-bond acceptors (Lipinski definition) is 5. The van der Waals surface area contributed by atoms with Crippen LogP contribution in [0.1, 0.15) is 38.1 Å². The van der Waals surface area contributed by atoms with E-state index in [4.69, 9.17) is 17.3 Å². The molecule has 0 aromatic heterocycles. The predicted molar refractivity (Wildman–Crippen MR) is 129 cm³/mol. The molecule has 9 heteroatoms. The maximum absolute atomic E-state index is 14.9. The summed E-state index contributed by atoms with van der Waals surface area (Å²) in [6.07, 6.45) is -0.439. The minimum Gasteiger partial charge on any atom is -0.497 e. The normalized spacial score (nSPS) is 11.0. The van der Waals surface area contributed by atoms with Gasteiger partial charge in [0.2, 0.25) is 0 Å². The Morgan fingerprint density at radius 1 is 1.12 bits per heavy atom. The fourth-order valence-electron chi connectivity index (χ4n) is 3.05. The van der Waals surface area contributed by atoms with Crippen LogP contribution in [0.25, 0.3) is 0 Å². The number of halogens is 1. The number of rotatable bonds is 8. The summed E-state index contributed by atoms with van der Waals surface area (Å²) in [6, 6.07) is 9.16. The van der Waals surface area contributed by atoms with E-state index >= 15 is 0 Å². The minimum absolute atomic E-state index is 0.175. The smallest absolute Gasteiger partial charge is 0.410 e. The van der Waals surface area contributed by atoms with Crippen molar-refractivity contribution in [2.45, 2.75) is 33.3 Å². The van der Waals surface area contributed by atoms with E-state index < -0.39 is 23.4 Å². The Hall–Kier alpha value is -3.23. The largest absolute Gasteiger partial charge is 0.497 e. The quantitative estimate of drug-likeness (QED) is 0.617. The summed E-state index contributed by atoms with van der Waals surface area (Å²) in [4.78, 5) is 28.0. The number of benzene rings is 2. The molecule has 0 saturated heterocycles. The molecule has 2 amide bonds. The highest BCUT2D eigenvalue weighted by Crippen LogP contribution is 2.22. The van der Waals surface area contributed by atoms with Crippen LogP contribution in [0.2, 0.25) is 0 Å². The van der Waals surface area contributed by atoms with E-state index in [0.717, 1.165) is 0 Å². The lowest BCUT2D eigenvalue weighted by Gasteiger charge is -2.28. The Kier molecular flexibility index (Phi) is 8.73. The Morgan fingerprint density at radius 3 is 2.39 bits per heavy atom. The number of ether oxygens (including phenoxy) is 2. The van der Waals surface area contributed by atoms with Gasteiger partial charge >= 0.3 is 6.09 Å². The maximum Gasteiger partial charge on any atom is 0.410 e. The topological polar surface area (TPSA) is 71.1 Å².